The first-order chi connectivity index (χ1) is 28.0. The van der Waals surface area contributed by atoms with Gasteiger partial charge in [0, 0.05) is 12.8 Å². The highest BCUT2D eigenvalue weighted by atomic mass is 32.2. The Kier molecular flexibility index (Phi) is 33.5. The summed E-state index contributed by atoms with van der Waals surface area (Å²) in [7, 11) is -4.60. The van der Waals surface area contributed by atoms with E-state index in [1.54, 1.807) is 0 Å². The smallest absolute Gasteiger partial charge is 0.306 e. The zero-order chi connectivity index (χ0) is 42.7. The number of rotatable bonds is 38. The standard InChI is InChI=1S/C45H82O12S/c1-3-5-7-9-11-13-15-17-19-21-23-25-27-29-31-33-40(46)54-35-38(36-55-45-44(50)43(49)42(48)39(57-45)37-58(51,52)53)56-41(47)34-32-30-28-26-24-22-20-18-16-14-12-10-8-6-4-2/h23-26,38-39,42-45,48-50H,3-22,27-37H2,1-2H3,(H,51,52,53)/b25-23+,26-24+/t38-,39-,42-,43?,44?,45+/m1/s1. The van der Waals surface area contributed by atoms with Gasteiger partial charge in [0.2, 0.25) is 0 Å². The van der Waals surface area contributed by atoms with E-state index in [-0.39, 0.29) is 19.4 Å². The lowest BCUT2D eigenvalue weighted by Gasteiger charge is -2.40. The summed E-state index contributed by atoms with van der Waals surface area (Å²) in [6, 6.07) is 0. The van der Waals surface area contributed by atoms with Crippen LogP contribution in [-0.2, 0) is 38.7 Å². The lowest BCUT2D eigenvalue weighted by molar-refractivity contribution is -0.297. The number of carbonyl (C=O) groups excluding carboxylic acids is 2. The van der Waals surface area contributed by atoms with Gasteiger partial charge in [0.1, 0.15) is 36.8 Å². The number of allylic oxidation sites excluding steroid dienone is 4. The second-order valence-electron chi connectivity index (χ2n) is 16.1. The number of ether oxygens (including phenoxy) is 4. The first-order valence-corrected chi connectivity index (χ1v) is 24.5. The Hall–Kier alpha value is -1.87. The molecule has 0 amide bonds. The topological polar surface area (TPSA) is 186 Å². The van der Waals surface area contributed by atoms with Gasteiger partial charge in [-0.3, -0.25) is 14.1 Å². The van der Waals surface area contributed by atoms with Crippen LogP contribution in [0.15, 0.2) is 24.3 Å². The quantitative estimate of drug-likeness (QED) is 0.0200. The molecule has 1 heterocycles. The third-order valence-corrected chi connectivity index (χ3v) is 11.3. The van der Waals surface area contributed by atoms with Crippen LogP contribution < -0.4 is 0 Å². The van der Waals surface area contributed by atoms with Gasteiger partial charge in [0.05, 0.1) is 6.61 Å². The van der Waals surface area contributed by atoms with E-state index in [0.29, 0.717) is 12.8 Å². The summed E-state index contributed by atoms with van der Waals surface area (Å²) >= 11 is 0. The molecule has 0 spiro atoms. The zero-order valence-corrected chi connectivity index (χ0v) is 37.0. The van der Waals surface area contributed by atoms with Crippen molar-refractivity contribution in [3.63, 3.8) is 0 Å². The summed E-state index contributed by atoms with van der Waals surface area (Å²) in [5, 5.41) is 30.9. The van der Waals surface area contributed by atoms with Crippen LogP contribution in [0.4, 0.5) is 0 Å². The van der Waals surface area contributed by atoms with Crippen molar-refractivity contribution in [1.82, 2.24) is 0 Å². The molecule has 0 aromatic carbocycles. The van der Waals surface area contributed by atoms with Crippen LogP contribution in [0.5, 0.6) is 0 Å². The summed E-state index contributed by atoms with van der Waals surface area (Å²) in [6.07, 6.45) is 29.4. The molecule has 1 aliphatic heterocycles. The minimum absolute atomic E-state index is 0.132. The van der Waals surface area contributed by atoms with Crippen molar-refractivity contribution in [3.8, 4) is 0 Å². The van der Waals surface area contributed by atoms with E-state index in [1.165, 1.54) is 116 Å². The van der Waals surface area contributed by atoms with Gasteiger partial charge in [0.15, 0.2) is 12.4 Å². The highest BCUT2D eigenvalue weighted by Gasteiger charge is 2.46. The van der Waals surface area contributed by atoms with Crippen LogP contribution in [0.2, 0.25) is 0 Å². The van der Waals surface area contributed by atoms with Gasteiger partial charge in [-0.2, -0.15) is 8.42 Å². The second kappa shape index (κ2) is 35.8. The summed E-state index contributed by atoms with van der Waals surface area (Å²) in [5.74, 6) is -2.03. The lowest BCUT2D eigenvalue weighted by atomic mass is 10.00. The van der Waals surface area contributed by atoms with Crippen LogP contribution in [0.3, 0.4) is 0 Å². The van der Waals surface area contributed by atoms with Crippen LogP contribution in [0.25, 0.3) is 0 Å². The molecular formula is C45H82O12S. The Bertz CT molecular complexity index is 1180. The molecule has 6 atom stereocenters. The monoisotopic (exact) mass is 847 g/mol. The molecule has 4 N–H and O–H groups in total. The van der Waals surface area contributed by atoms with E-state index in [9.17, 15) is 37.9 Å². The van der Waals surface area contributed by atoms with E-state index in [4.69, 9.17) is 18.9 Å². The van der Waals surface area contributed by atoms with Gasteiger partial charge in [-0.15, -0.1) is 0 Å². The van der Waals surface area contributed by atoms with Gasteiger partial charge < -0.3 is 34.3 Å². The number of hydrogen-bond acceptors (Lipinski definition) is 11. The first-order valence-electron chi connectivity index (χ1n) is 22.9. The van der Waals surface area contributed by atoms with E-state index in [2.05, 4.69) is 38.2 Å². The third-order valence-electron chi connectivity index (χ3n) is 10.5. The molecule has 340 valence electrons. The fraction of sp³-hybridized carbons (Fsp3) is 0.867. The van der Waals surface area contributed by atoms with E-state index >= 15 is 0 Å². The maximum absolute atomic E-state index is 12.8. The van der Waals surface area contributed by atoms with Gasteiger partial charge >= 0.3 is 11.9 Å². The first kappa shape index (κ1) is 54.1. The summed E-state index contributed by atoms with van der Waals surface area (Å²) in [5.41, 5.74) is 0. The van der Waals surface area contributed by atoms with Crippen molar-refractivity contribution in [2.75, 3.05) is 19.0 Å². The molecule has 1 aliphatic rings. The summed E-state index contributed by atoms with van der Waals surface area (Å²) in [6.45, 7) is 3.73. The molecule has 0 aliphatic carbocycles. The second-order valence-corrected chi connectivity index (χ2v) is 17.6. The normalized spacial score (nSPS) is 20.6. The molecule has 2 unspecified atom stereocenters. The number of esters is 2. The largest absolute Gasteiger partial charge is 0.462 e. The summed E-state index contributed by atoms with van der Waals surface area (Å²) < 4.78 is 54.0. The van der Waals surface area contributed by atoms with E-state index in [0.717, 1.165) is 38.5 Å². The van der Waals surface area contributed by atoms with Crippen LogP contribution in [0, 0.1) is 0 Å². The molecule has 13 heteroatoms. The molecule has 0 aromatic rings. The number of unbranched alkanes of at least 4 members (excludes halogenated alkanes) is 22. The Morgan fingerprint density at radius 1 is 0.569 bits per heavy atom. The van der Waals surface area contributed by atoms with Gasteiger partial charge in [-0.05, 0) is 64.2 Å². The Morgan fingerprint density at radius 3 is 1.43 bits per heavy atom. The van der Waals surface area contributed by atoms with Crippen molar-refractivity contribution in [1.29, 1.82) is 0 Å². The summed E-state index contributed by atoms with van der Waals surface area (Å²) in [4.78, 5) is 25.4. The van der Waals surface area contributed by atoms with Crippen LogP contribution >= 0.6 is 0 Å². The Morgan fingerprint density at radius 2 is 0.983 bits per heavy atom. The van der Waals surface area contributed by atoms with Crippen LogP contribution in [-0.4, -0.2) is 96.0 Å². The van der Waals surface area contributed by atoms with Gasteiger partial charge in [-0.25, -0.2) is 0 Å². The van der Waals surface area contributed by atoms with Crippen molar-refractivity contribution >= 4 is 22.1 Å². The number of aliphatic hydroxyl groups excluding tert-OH is 3. The Balaban J connectivity index is 2.47. The zero-order valence-electron chi connectivity index (χ0n) is 36.2. The molecule has 1 saturated heterocycles. The maximum Gasteiger partial charge on any atom is 0.306 e. The minimum Gasteiger partial charge on any atom is -0.462 e. The lowest BCUT2D eigenvalue weighted by Crippen LogP contribution is -2.60. The van der Waals surface area contributed by atoms with Crippen LogP contribution in [0.1, 0.15) is 194 Å². The molecule has 12 nitrogen and oxygen atoms in total. The average molecular weight is 847 g/mol. The highest BCUT2D eigenvalue weighted by Crippen LogP contribution is 2.24. The predicted octanol–water partition coefficient (Wildman–Crippen LogP) is 9.23. The molecule has 58 heavy (non-hydrogen) atoms. The molecule has 0 aromatic heterocycles. The Labute approximate surface area is 351 Å². The molecular weight excluding hydrogens is 765 g/mol. The van der Waals surface area contributed by atoms with Gasteiger partial charge in [0.25, 0.3) is 10.1 Å². The highest BCUT2D eigenvalue weighted by molar-refractivity contribution is 7.85. The molecule has 0 saturated carbocycles. The fourth-order valence-electron chi connectivity index (χ4n) is 6.90. The number of hydrogen-bond donors (Lipinski definition) is 4. The van der Waals surface area contributed by atoms with E-state index < -0.39 is 71.2 Å². The SMILES string of the molecule is CCCCCCCCCCC/C=C/CCCCC(=O)OC[C@H](CO[C@H]1O[C@H](CS(=O)(=O)O)[C@@H](O)C(O)C1O)OC(=O)CCCC/C=C/CCCCCCCCCCC. The van der Waals surface area contributed by atoms with Crippen molar-refractivity contribution in [2.45, 2.75) is 230 Å². The molecule has 1 rings (SSSR count). The van der Waals surface area contributed by atoms with E-state index in [1.807, 2.05) is 0 Å². The fourth-order valence-corrected chi connectivity index (χ4v) is 7.59. The molecule has 0 radical (unpaired) electrons. The minimum atomic E-state index is -4.60. The van der Waals surface area contributed by atoms with Crippen molar-refractivity contribution < 1.29 is 56.8 Å². The van der Waals surface area contributed by atoms with Crippen molar-refractivity contribution in [3.05, 3.63) is 24.3 Å². The maximum atomic E-state index is 12.8. The molecule has 0 bridgehead atoms. The number of carbonyl (C=O) groups is 2. The molecule has 1 fully saturated rings. The predicted molar refractivity (Wildman–Crippen MR) is 229 cm³/mol. The average Bonchev–Trinajstić information content (AvgIpc) is 3.18. The third kappa shape index (κ3) is 30.2. The van der Waals surface area contributed by atoms with Gasteiger partial charge in [-0.1, -0.05) is 141 Å². The van der Waals surface area contributed by atoms with Crippen molar-refractivity contribution in [2.24, 2.45) is 0 Å². The number of aliphatic hydroxyl groups is 3.